The zero-order valence-electron chi connectivity index (χ0n) is 13.7. The van der Waals surface area contributed by atoms with E-state index in [4.69, 9.17) is 4.74 Å². The molecular weight excluding hydrogens is 322 g/mol. The number of hydrogen-bond donors (Lipinski definition) is 1. The average Bonchev–Trinajstić information content (AvgIpc) is 2.92. The summed E-state index contributed by atoms with van der Waals surface area (Å²) in [6.45, 7) is 2.47. The number of aryl methyl sites for hydroxylation is 1. The van der Waals surface area contributed by atoms with Crippen molar-refractivity contribution >= 4 is 34.4 Å². The van der Waals surface area contributed by atoms with Gasteiger partial charge in [0.25, 0.3) is 0 Å². The van der Waals surface area contributed by atoms with Gasteiger partial charge in [0.15, 0.2) is 5.16 Å². The minimum Gasteiger partial charge on any atom is -0.492 e. The van der Waals surface area contributed by atoms with Crippen LogP contribution >= 0.6 is 11.8 Å². The molecule has 0 saturated carbocycles. The zero-order chi connectivity index (χ0) is 16.9. The largest absolute Gasteiger partial charge is 0.492 e. The molecule has 0 aliphatic rings. The highest BCUT2D eigenvalue weighted by Gasteiger charge is 2.12. The third-order valence-corrected chi connectivity index (χ3v) is 4.57. The fourth-order valence-corrected chi connectivity index (χ4v) is 3.21. The molecule has 3 rings (SSSR count). The maximum Gasteiger partial charge on any atom is 0.234 e. The second kappa shape index (κ2) is 7.40. The van der Waals surface area contributed by atoms with Gasteiger partial charge in [-0.05, 0) is 31.2 Å². The molecule has 0 saturated heterocycles. The number of rotatable bonds is 6. The van der Waals surface area contributed by atoms with Crippen LogP contribution in [0.3, 0.4) is 0 Å². The summed E-state index contributed by atoms with van der Waals surface area (Å²) in [4.78, 5) is 16.8. The number of thioether (sulfide) groups is 1. The maximum absolute atomic E-state index is 12.2. The summed E-state index contributed by atoms with van der Waals surface area (Å²) in [7, 11) is 1.96. The summed E-state index contributed by atoms with van der Waals surface area (Å²) in [5.74, 6) is 0.887. The first kappa shape index (κ1) is 16.4. The quantitative estimate of drug-likeness (QED) is 0.695. The number of nitrogens with one attached hydrogen (secondary N) is 1. The SMILES string of the molecule is CCOc1ccccc1NC(=O)CSc1nc2ccccc2n1C. The lowest BCUT2D eigenvalue weighted by atomic mass is 10.3. The van der Waals surface area contributed by atoms with Crippen LogP contribution in [0.15, 0.2) is 53.7 Å². The zero-order valence-corrected chi connectivity index (χ0v) is 14.5. The molecule has 0 radical (unpaired) electrons. The van der Waals surface area contributed by atoms with Crippen molar-refractivity contribution in [1.29, 1.82) is 0 Å². The molecule has 124 valence electrons. The molecule has 3 aromatic rings. The van der Waals surface area contributed by atoms with Crippen LogP contribution in [0, 0.1) is 0 Å². The number of imidazole rings is 1. The molecule has 1 N–H and O–H groups in total. The minimum atomic E-state index is -0.0841. The Morgan fingerprint density at radius 2 is 1.96 bits per heavy atom. The predicted molar refractivity (Wildman–Crippen MR) is 97.7 cm³/mol. The monoisotopic (exact) mass is 341 g/mol. The molecule has 1 aromatic heterocycles. The molecule has 5 nitrogen and oxygen atoms in total. The molecule has 0 bridgehead atoms. The van der Waals surface area contributed by atoms with Crippen LogP contribution in [0.4, 0.5) is 5.69 Å². The van der Waals surface area contributed by atoms with Crippen LogP contribution in [0.5, 0.6) is 5.75 Å². The van der Waals surface area contributed by atoms with Gasteiger partial charge in [-0.25, -0.2) is 4.98 Å². The van der Waals surface area contributed by atoms with Gasteiger partial charge in [0.05, 0.1) is 29.1 Å². The van der Waals surface area contributed by atoms with E-state index in [1.807, 2.05) is 67.1 Å². The first-order valence-electron chi connectivity index (χ1n) is 7.75. The molecule has 0 aliphatic heterocycles. The Hall–Kier alpha value is -2.47. The van der Waals surface area contributed by atoms with Crippen LogP contribution in [0.1, 0.15) is 6.92 Å². The number of anilines is 1. The van der Waals surface area contributed by atoms with Gasteiger partial charge < -0.3 is 14.6 Å². The van der Waals surface area contributed by atoms with Gasteiger partial charge >= 0.3 is 0 Å². The molecule has 0 fully saturated rings. The highest BCUT2D eigenvalue weighted by molar-refractivity contribution is 7.99. The van der Waals surface area contributed by atoms with Crippen molar-refractivity contribution in [2.75, 3.05) is 17.7 Å². The lowest BCUT2D eigenvalue weighted by Crippen LogP contribution is -2.15. The molecule has 1 heterocycles. The molecular formula is C18H19N3O2S. The summed E-state index contributed by atoms with van der Waals surface area (Å²) in [5, 5.41) is 3.72. The van der Waals surface area contributed by atoms with Crippen LogP contribution in [-0.4, -0.2) is 27.8 Å². The Labute approximate surface area is 145 Å². The van der Waals surface area contributed by atoms with E-state index in [0.29, 0.717) is 18.0 Å². The van der Waals surface area contributed by atoms with E-state index in [9.17, 15) is 4.79 Å². The number of fused-ring (bicyclic) bond motifs is 1. The first-order chi connectivity index (χ1) is 11.7. The Morgan fingerprint density at radius 3 is 2.75 bits per heavy atom. The molecule has 2 aromatic carbocycles. The van der Waals surface area contributed by atoms with E-state index in [0.717, 1.165) is 16.2 Å². The van der Waals surface area contributed by atoms with Gasteiger partial charge in [0.2, 0.25) is 5.91 Å². The lowest BCUT2D eigenvalue weighted by Gasteiger charge is -2.11. The van der Waals surface area contributed by atoms with Gasteiger partial charge in [-0.1, -0.05) is 36.0 Å². The number of aromatic nitrogens is 2. The van der Waals surface area contributed by atoms with E-state index in [1.165, 1.54) is 11.8 Å². The Morgan fingerprint density at radius 1 is 1.21 bits per heavy atom. The molecule has 1 amide bonds. The summed E-state index contributed by atoms with van der Waals surface area (Å²) >= 11 is 1.42. The number of ether oxygens (including phenoxy) is 1. The van der Waals surface area contributed by atoms with Gasteiger partial charge in [-0.3, -0.25) is 4.79 Å². The van der Waals surface area contributed by atoms with E-state index >= 15 is 0 Å². The smallest absolute Gasteiger partial charge is 0.234 e. The molecule has 0 atom stereocenters. The Kier molecular flexibility index (Phi) is 5.05. The molecule has 6 heteroatoms. The third-order valence-electron chi connectivity index (χ3n) is 3.54. The van der Waals surface area contributed by atoms with Crippen molar-refractivity contribution in [3.8, 4) is 5.75 Å². The van der Waals surface area contributed by atoms with E-state index in [1.54, 1.807) is 0 Å². The van der Waals surface area contributed by atoms with E-state index in [2.05, 4.69) is 10.3 Å². The van der Waals surface area contributed by atoms with Crippen molar-refractivity contribution in [2.45, 2.75) is 12.1 Å². The van der Waals surface area contributed by atoms with E-state index in [-0.39, 0.29) is 11.7 Å². The Balaban J connectivity index is 1.66. The fourth-order valence-electron chi connectivity index (χ4n) is 2.42. The highest BCUT2D eigenvalue weighted by Crippen LogP contribution is 2.25. The van der Waals surface area contributed by atoms with Crippen LogP contribution in [0.2, 0.25) is 0 Å². The summed E-state index contributed by atoms with van der Waals surface area (Å²) in [5.41, 5.74) is 2.68. The van der Waals surface area contributed by atoms with Crippen molar-refractivity contribution in [2.24, 2.45) is 7.05 Å². The number of nitrogens with zero attached hydrogens (tertiary/aromatic N) is 2. The minimum absolute atomic E-state index is 0.0841. The standard InChI is InChI=1S/C18H19N3O2S/c1-3-23-16-11-7-5-9-14(16)19-17(22)12-24-18-20-13-8-4-6-10-15(13)21(18)2/h4-11H,3,12H2,1-2H3,(H,19,22). The second-order valence-electron chi connectivity index (χ2n) is 5.21. The van der Waals surface area contributed by atoms with Gasteiger partial charge in [0.1, 0.15) is 5.75 Å². The van der Waals surface area contributed by atoms with Crippen LogP contribution in [0.25, 0.3) is 11.0 Å². The predicted octanol–water partition coefficient (Wildman–Crippen LogP) is 3.70. The van der Waals surface area contributed by atoms with Crippen molar-refractivity contribution in [3.63, 3.8) is 0 Å². The van der Waals surface area contributed by atoms with Gasteiger partial charge in [0, 0.05) is 7.05 Å². The number of carbonyl (C=O) groups excluding carboxylic acids is 1. The molecule has 0 spiro atoms. The maximum atomic E-state index is 12.2. The molecule has 24 heavy (non-hydrogen) atoms. The lowest BCUT2D eigenvalue weighted by molar-refractivity contribution is -0.113. The van der Waals surface area contributed by atoms with Crippen molar-refractivity contribution in [3.05, 3.63) is 48.5 Å². The van der Waals surface area contributed by atoms with Crippen molar-refractivity contribution < 1.29 is 9.53 Å². The number of hydrogen-bond acceptors (Lipinski definition) is 4. The summed E-state index contributed by atoms with van der Waals surface area (Å²) < 4.78 is 7.52. The summed E-state index contributed by atoms with van der Waals surface area (Å²) in [6.07, 6.45) is 0. The number of carbonyl (C=O) groups is 1. The normalized spacial score (nSPS) is 10.8. The van der Waals surface area contributed by atoms with Crippen LogP contribution in [-0.2, 0) is 11.8 Å². The van der Waals surface area contributed by atoms with Gasteiger partial charge in [-0.2, -0.15) is 0 Å². The van der Waals surface area contributed by atoms with Crippen LogP contribution < -0.4 is 10.1 Å². The summed E-state index contributed by atoms with van der Waals surface area (Å²) in [6, 6.07) is 15.4. The number of para-hydroxylation sites is 4. The number of benzene rings is 2. The first-order valence-corrected chi connectivity index (χ1v) is 8.73. The van der Waals surface area contributed by atoms with Crippen molar-refractivity contribution in [1.82, 2.24) is 9.55 Å². The Bertz CT molecular complexity index is 860. The number of amides is 1. The highest BCUT2D eigenvalue weighted by atomic mass is 32.2. The molecule has 0 aliphatic carbocycles. The topological polar surface area (TPSA) is 56.1 Å². The second-order valence-corrected chi connectivity index (χ2v) is 6.15. The van der Waals surface area contributed by atoms with E-state index < -0.39 is 0 Å². The fraction of sp³-hybridized carbons (Fsp3) is 0.222. The third kappa shape index (κ3) is 3.54. The molecule has 0 unspecified atom stereocenters. The van der Waals surface area contributed by atoms with Gasteiger partial charge in [-0.15, -0.1) is 0 Å². The average molecular weight is 341 g/mol.